The Labute approximate surface area is 83.2 Å². The van der Waals surface area contributed by atoms with Crippen LogP contribution in [0.2, 0.25) is 0 Å². The first kappa shape index (κ1) is 12.6. The van der Waals surface area contributed by atoms with E-state index in [0.717, 1.165) is 19.3 Å². The van der Waals surface area contributed by atoms with E-state index in [-0.39, 0.29) is 11.6 Å². The number of hydrazone groups is 1. The fourth-order valence-electron chi connectivity index (χ4n) is 0.785. The van der Waals surface area contributed by atoms with Crippen molar-refractivity contribution in [1.29, 1.82) is 0 Å². The van der Waals surface area contributed by atoms with Gasteiger partial charge in [-0.1, -0.05) is 19.8 Å². The molecule has 0 aliphatic rings. The average Bonchev–Trinajstić information content (AvgIpc) is 2.14. The summed E-state index contributed by atoms with van der Waals surface area (Å²) in [6.45, 7) is 3.37. The number of nitrogens with one attached hydrogen (secondary N) is 1. The number of amides is 1. The number of carbonyl (C=O) groups is 2. The van der Waals surface area contributed by atoms with Gasteiger partial charge in [0.2, 0.25) is 5.91 Å². The minimum Gasteiger partial charge on any atom is -0.477 e. The van der Waals surface area contributed by atoms with Crippen LogP contribution in [-0.4, -0.2) is 22.7 Å². The summed E-state index contributed by atoms with van der Waals surface area (Å²) in [7, 11) is 0. The van der Waals surface area contributed by atoms with Crippen LogP contribution in [0.1, 0.15) is 39.5 Å². The molecule has 0 aromatic rings. The molecule has 1 amide bonds. The predicted molar refractivity (Wildman–Crippen MR) is 53.0 cm³/mol. The lowest BCUT2D eigenvalue weighted by molar-refractivity contribution is -0.129. The van der Waals surface area contributed by atoms with Crippen LogP contribution in [0, 0.1) is 0 Å². The fraction of sp³-hybridized carbons (Fsp3) is 0.667. The molecule has 0 bridgehead atoms. The minimum atomic E-state index is -1.13. The molecule has 2 N–H and O–H groups in total. The van der Waals surface area contributed by atoms with Gasteiger partial charge < -0.3 is 5.11 Å². The van der Waals surface area contributed by atoms with E-state index >= 15 is 0 Å². The summed E-state index contributed by atoms with van der Waals surface area (Å²) in [4.78, 5) is 21.3. The molecule has 0 spiro atoms. The lowest BCUT2D eigenvalue weighted by Crippen LogP contribution is -2.21. The first-order chi connectivity index (χ1) is 6.57. The highest BCUT2D eigenvalue weighted by molar-refractivity contribution is 6.34. The molecule has 0 aromatic carbocycles. The summed E-state index contributed by atoms with van der Waals surface area (Å²) >= 11 is 0. The number of hydrogen-bond donors (Lipinski definition) is 2. The Balaban J connectivity index is 3.73. The topological polar surface area (TPSA) is 78.8 Å². The van der Waals surface area contributed by atoms with Crippen molar-refractivity contribution in [2.75, 3.05) is 0 Å². The Morgan fingerprint density at radius 2 is 2.00 bits per heavy atom. The summed E-state index contributed by atoms with van der Waals surface area (Å²) in [6, 6.07) is 0. The third kappa shape index (κ3) is 6.16. The number of unbranched alkanes of at least 4 members (excludes halogenated alkanes) is 2. The Kier molecular flexibility index (Phi) is 6.36. The Bertz CT molecular complexity index is 236. The summed E-state index contributed by atoms with van der Waals surface area (Å²) < 4.78 is 0. The highest BCUT2D eigenvalue weighted by Crippen LogP contribution is 1.97. The Morgan fingerprint density at radius 3 is 2.50 bits per heavy atom. The van der Waals surface area contributed by atoms with Crippen LogP contribution in [0.3, 0.4) is 0 Å². The lowest BCUT2D eigenvalue weighted by atomic mass is 10.2. The molecule has 0 radical (unpaired) electrons. The van der Waals surface area contributed by atoms with E-state index in [1.54, 1.807) is 0 Å². The van der Waals surface area contributed by atoms with Gasteiger partial charge in [-0.25, -0.2) is 10.2 Å². The maximum Gasteiger partial charge on any atom is 0.351 e. The molecular formula is C9H16N2O3. The minimum absolute atomic E-state index is 0.117. The zero-order valence-electron chi connectivity index (χ0n) is 8.54. The van der Waals surface area contributed by atoms with Gasteiger partial charge in [-0.05, 0) is 13.3 Å². The van der Waals surface area contributed by atoms with Crippen LogP contribution in [0.15, 0.2) is 5.10 Å². The highest BCUT2D eigenvalue weighted by atomic mass is 16.4. The molecule has 0 unspecified atom stereocenters. The first-order valence-electron chi connectivity index (χ1n) is 4.64. The van der Waals surface area contributed by atoms with Crippen molar-refractivity contribution in [3.63, 3.8) is 0 Å². The van der Waals surface area contributed by atoms with Crippen molar-refractivity contribution < 1.29 is 14.7 Å². The normalized spacial score (nSPS) is 11.1. The van der Waals surface area contributed by atoms with Gasteiger partial charge in [0.25, 0.3) is 0 Å². The predicted octanol–water partition coefficient (Wildman–Crippen LogP) is 1.14. The van der Waals surface area contributed by atoms with E-state index in [2.05, 4.69) is 10.5 Å². The maximum absolute atomic E-state index is 11.0. The van der Waals surface area contributed by atoms with Gasteiger partial charge in [0.1, 0.15) is 5.71 Å². The number of rotatable bonds is 6. The van der Waals surface area contributed by atoms with Gasteiger partial charge in [-0.3, -0.25) is 4.79 Å². The number of carbonyl (C=O) groups excluding carboxylic acids is 1. The van der Waals surface area contributed by atoms with Gasteiger partial charge in [-0.2, -0.15) is 5.10 Å². The van der Waals surface area contributed by atoms with Crippen molar-refractivity contribution in [3.8, 4) is 0 Å². The maximum atomic E-state index is 11.0. The smallest absolute Gasteiger partial charge is 0.351 e. The second-order valence-corrected chi connectivity index (χ2v) is 2.99. The van der Waals surface area contributed by atoms with E-state index in [1.165, 1.54) is 6.92 Å². The largest absolute Gasteiger partial charge is 0.477 e. The molecule has 0 rings (SSSR count). The molecule has 0 saturated carbocycles. The van der Waals surface area contributed by atoms with Gasteiger partial charge in [0, 0.05) is 6.42 Å². The Hall–Kier alpha value is -1.39. The van der Waals surface area contributed by atoms with Crippen LogP contribution in [0.4, 0.5) is 0 Å². The number of aliphatic carboxylic acids is 1. The SMILES string of the molecule is CCCCCC(=O)NN=C(C)C(=O)O. The quantitative estimate of drug-likeness (QED) is 0.383. The molecule has 0 saturated heterocycles. The lowest BCUT2D eigenvalue weighted by Gasteiger charge is -1.99. The fourth-order valence-corrected chi connectivity index (χ4v) is 0.785. The van der Waals surface area contributed by atoms with E-state index in [4.69, 9.17) is 5.11 Å². The molecule has 80 valence electrons. The molecular weight excluding hydrogens is 184 g/mol. The van der Waals surface area contributed by atoms with E-state index < -0.39 is 5.97 Å². The molecule has 0 aromatic heterocycles. The summed E-state index contributed by atoms with van der Waals surface area (Å²) in [5.74, 6) is -1.36. The van der Waals surface area contributed by atoms with E-state index in [0.29, 0.717) is 6.42 Å². The number of nitrogens with zero attached hydrogens (tertiary/aromatic N) is 1. The molecule has 0 aliphatic carbocycles. The molecule has 0 heterocycles. The van der Waals surface area contributed by atoms with Crippen molar-refractivity contribution >= 4 is 17.6 Å². The Morgan fingerprint density at radius 1 is 1.36 bits per heavy atom. The second kappa shape index (κ2) is 7.06. The van der Waals surface area contributed by atoms with E-state index in [1.807, 2.05) is 6.92 Å². The highest BCUT2D eigenvalue weighted by Gasteiger charge is 2.03. The summed E-state index contributed by atoms with van der Waals surface area (Å²) in [5, 5.41) is 11.8. The van der Waals surface area contributed by atoms with Crippen molar-refractivity contribution in [2.45, 2.75) is 39.5 Å². The number of carboxylic acids is 1. The van der Waals surface area contributed by atoms with Crippen LogP contribution in [0.25, 0.3) is 0 Å². The molecule has 0 aliphatic heterocycles. The van der Waals surface area contributed by atoms with Crippen LogP contribution in [0.5, 0.6) is 0 Å². The number of carboxylic acid groups (broad SMARTS) is 1. The third-order valence-corrected chi connectivity index (χ3v) is 1.67. The molecule has 14 heavy (non-hydrogen) atoms. The van der Waals surface area contributed by atoms with Gasteiger partial charge in [0.15, 0.2) is 0 Å². The molecule has 5 heteroatoms. The standard InChI is InChI=1S/C9H16N2O3/c1-3-4-5-6-8(12)11-10-7(2)9(13)14/h3-6H2,1-2H3,(H,11,12)(H,13,14). The monoisotopic (exact) mass is 200 g/mol. The molecule has 0 fully saturated rings. The second-order valence-electron chi connectivity index (χ2n) is 2.99. The van der Waals surface area contributed by atoms with Crippen molar-refractivity contribution in [3.05, 3.63) is 0 Å². The van der Waals surface area contributed by atoms with E-state index in [9.17, 15) is 9.59 Å². The van der Waals surface area contributed by atoms with Crippen LogP contribution < -0.4 is 5.43 Å². The van der Waals surface area contributed by atoms with Crippen molar-refractivity contribution in [2.24, 2.45) is 5.10 Å². The zero-order chi connectivity index (χ0) is 11.0. The zero-order valence-corrected chi connectivity index (χ0v) is 8.54. The van der Waals surface area contributed by atoms with Crippen molar-refractivity contribution in [1.82, 2.24) is 5.43 Å². The average molecular weight is 200 g/mol. The number of hydrogen-bond acceptors (Lipinski definition) is 3. The van der Waals surface area contributed by atoms with Crippen LogP contribution >= 0.6 is 0 Å². The first-order valence-corrected chi connectivity index (χ1v) is 4.64. The summed E-state index contributed by atoms with van der Waals surface area (Å²) in [5.41, 5.74) is 2.07. The molecule has 0 atom stereocenters. The van der Waals surface area contributed by atoms with Gasteiger partial charge >= 0.3 is 5.97 Å². The van der Waals surface area contributed by atoms with Gasteiger partial charge in [0.05, 0.1) is 0 Å². The summed E-state index contributed by atoms with van der Waals surface area (Å²) in [6.07, 6.45) is 3.24. The molecule has 5 nitrogen and oxygen atoms in total. The van der Waals surface area contributed by atoms with Crippen LogP contribution in [-0.2, 0) is 9.59 Å². The third-order valence-electron chi connectivity index (χ3n) is 1.67. The van der Waals surface area contributed by atoms with Gasteiger partial charge in [-0.15, -0.1) is 0 Å².